The maximum Gasteiger partial charge on any atom is 0.326 e. The Kier molecular flexibility index (Phi) is 19.1. The molecule has 0 heterocycles. The van der Waals surface area contributed by atoms with Crippen molar-refractivity contribution in [2.24, 2.45) is 39.9 Å². The monoisotopic (exact) mass is 703 g/mol. The number of amides is 5. The predicted octanol–water partition coefficient (Wildman–Crippen LogP) is -0.502. The van der Waals surface area contributed by atoms with Gasteiger partial charge < -0.3 is 48.9 Å². The molecule has 0 aliphatic carbocycles. The summed E-state index contributed by atoms with van der Waals surface area (Å²) >= 11 is 0. The Morgan fingerprint density at radius 3 is 1.96 bits per heavy atom. The highest BCUT2D eigenvalue weighted by molar-refractivity contribution is 5.95. The molecular weight excluding hydrogens is 646 g/mol. The lowest BCUT2D eigenvalue weighted by Gasteiger charge is -2.28. The van der Waals surface area contributed by atoms with E-state index in [1.54, 1.807) is 20.8 Å². The summed E-state index contributed by atoms with van der Waals surface area (Å²) in [4.78, 5) is 81.3. The van der Waals surface area contributed by atoms with Crippen molar-refractivity contribution in [3.63, 3.8) is 0 Å². The Morgan fingerprint density at radius 1 is 0.800 bits per heavy atom. The Morgan fingerprint density at radius 2 is 1.42 bits per heavy atom. The molecule has 0 radical (unpaired) electrons. The normalized spacial score (nSPS) is 14.7. The minimum absolute atomic E-state index is 0.0234. The average Bonchev–Trinajstić information content (AvgIpc) is 3.05. The number of rotatable bonds is 22. The molecule has 50 heavy (non-hydrogen) atoms. The predicted molar refractivity (Wildman–Crippen MR) is 190 cm³/mol. The second kappa shape index (κ2) is 22.1. The minimum atomic E-state index is -1.21. The highest BCUT2D eigenvalue weighted by Crippen LogP contribution is 2.11. The molecule has 1 rings (SSSR count). The van der Waals surface area contributed by atoms with E-state index in [4.69, 9.17) is 17.2 Å². The fourth-order valence-electron chi connectivity index (χ4n) is 4.96. The van der Waals surface area contributed by atoms with Crippen LogP contribution in [0.5, 0.6) is 0 Å². The lowest BCUT2D eigenvalue weighted by molar-refractivity contribution is -0.142. The number of nitrogens with two attached hydrogens (primary N) is 3. The van der Waals surface area contributed by atoms with Crippen molar-refractivity contribution in [3.8, 4) is 0 Å². The van der Waals surface area contributed by atoms with Gasteiger partial charge in [0.1, 0.15) is 24.2 Å². The molecular formula is C34H57N9O7. The van der Waals surface area contributed by atoms with Crippen molar-refractivity contribution in [3.05, 3.63) is 35.9 Å². The second-order valence-electron chi connectivity index (χ2n) is 13.2. The first kappa shape index (κ1) is 43.3. The molecule has 0 aliphatic heterocycles. The van der Waals surface area contributed by atoms with E-state index in [9.17, 15) is 33.9 Å². The molecule has 0 unspecified atom stereocenters. The van der Waals surface area contributed by atoms with Gasteiger partial charge in [-0.05, 0) is 49.0 Å². The summed E-state index contributed by atoms with van der Waals surface area (Å²) < 4.78 is 0. The smallest absolute Gasteiger partial charge is 0.326 e. The van der Waals surface area contributed by atoms with Gasteiger partial charge in [0.2, 0.25) is 29.5 Å². The molecule has 0 saturated heterocycles. The highest BCUT2D eigenvalue weighted by atomic mass is 16.4. The third-order valence-electron chi connectivity index (χ3n) is 8.02. The number of hydrogen-bond donors (Lipinski definition) is 9. The van der Waals surface area contributed by atoms with Crippen LogP contribution >= 0.6 is 0 Å². The van der Waals surface area contributed by atoms with Gasteiger partial charge in [-0.2, -0.15) is 0 Å². The maximum absolute atomic E-state index is 13.4. The summed E-state index contributed by atoms with van der Waals surface area (Å²) in [6.07, 6.45) is 1.33. The quantitative estimate of drug-likeness (QED) is 0.0424. The van der Waals surface area contributed by atoms with Gasteiger partial charge in [0.05, 0.1) is 12.6 Å². The largest absolute Gasteiger partial charge is 0.480 e. The number of benzene rings is 1. The fourth-order valence-corrected chi connectivity index (χ4v) is 4.96. The number of aliphatic carboxylic acids is 1. The number of carboxylic acids is 1. The molecule has 16 nitrogen and oxygen atoms in total. The Hall–Kier alpha value is -4.73. The van der Waals surface area contributed by atoms with E-state index in [1.165, 1.54) is 0 Å². The number of nitrogens with one attached hydrogen (secondary N) is 5. The van der Waals surface area contributed by atoms with Crippen LogP contribution in [0, 0.1) is 17.8 Å². The number of carbonyl (C=O) groups excluding carboxylic acids is 5. The number of aliphatic imine (C=N–C) groups is 1. The average molecular weight is 704 g/mol. The number of nitrogens with zero attached hydrogens (tertiary/aromatic N) is 1. The van der Waals surface area contributed by atoms with E-state index in [0.717, 1.165) is 5.56 Å². The second-order valence-corrected chi connectivity index (χ2v) is 13.2. The van der Waals surface area contributed by atoms with E-state index >= 15 is 0 Å². The van der Waals surface area contributed by atoms with Crippen molar-refractivity contribution in [1.82, 2.24) is 26.6 Å². The molecule has 0 saturated carbocycles. The van der Waals surface area contributed by atoms with Crippen molar-refractivity contribution >= 4 is 41.5 Å². The molecule has 0 aromatic heterocycles. The third-order valence-corrected chi connectivity index (χ3v) is 8.02. The first-order valence-corrected chi connectivity index (χ1v) is 17.0. The molecule has 0 bridgehead atoms. The number of hydrogen-bond acceptors (Lipinski definition) is 8. The van der Waals surface area contributed by atoms with E-state index in [-0.39, 0.29) is 55.9 Å². The van der Waals surface area contributed by atoms with Crippen LogP contribution in [0.15, 0.2) is 35.3 Å². The van der Waals surface area contributed by atoms with E-state index < -0.39 is 72.3 Å². The van der Waals surface area contributed by atoms with Crippen LogP contribution in [0.2, 0.25) is 0 Å². The van der Waals surface area contributed by atoms with Crippen molar-refractivity contribution in [2.45, 2.75) is 104 Å². The third kappa shape index (κ3) is 16.1. The number of carbonyl (C=O) groups is 6. The number of guanidine groups is 1. The van der Waals surface area contributed by atoms with Gasteiger partial charge in [-0.1, -0.05) is 78.3 Å². The summed E-state index contributed by atoms with van der Waals surface area (Å²) in [5.74, 6) is -5.24. The molecule has 6 atom stereocenters. The Bertz CT molecular complexity index is 1300. The summed E-state index contributed by atoms with van der Waals surface area (Å²) in [5.41, 5.74) is 17.7. The minimum Gasteiger partial charge on any atom is -0.480 e. The summed E-state index contributed by atoms with van der Waals surface area (Å²) in [6, 6.07) is 3.97. The van der Waals surface area contributed by atoms with Gasteiger partial charge in [0, 0.05) is 6.54 Å². The van der Waals surface area contributed by atoms with Crippen LogP contribution in [-0.2, 0) is 35.2 Å². The molecule has 1 aromatic rings. The molecule has 280 valence electrons. The molecule has 0 fully saturated rings. The van der Waals surface area contributed by atoms with E-state index in [1.807, 2.05) is 51.1 Å². The van der Waals surface area contributed by atoms with Gasteiger partial charge in [0.25, 0.3) is 0 Å². The van der Waals surface area contributed by atoms with Gasteiger partial charge >= 0.3 is 5.97 Å². The topological polar surface area (TPSA) is 273 Å². The van der Waals surface area contributed by atoms with Crippen molar-refractivity contribution < 1.29 is 33.9 Å². The molecule has 0 aliphatic rings. The van der Waals surface area contributed by atoms with Crippen LogP contribution in [0.25, 0.3) is 0 Å². The van der Waals surface area contributed by atoms with Gasteiger partial charge in [-0.3, -0.25) is 29.0 Å². The fraction of sp³-hybridized carbons (Fsp3) is 0.618. The van der Waals surface area contributed by atoms with E-state index in [2.05, 4.69) is 31.6 Å². The zero-order valence-corrected chi connectivity index (χ0v) is 30.0. The highest BCUT2D eigenvalue weighted by Gasteiger charge is 2.33. The van der Waals surface area contributed by atoms with Gasteiger partial charge in [-0.15, -0.1) is 0 Å². The maximum atomic E-state index is 13.4. The zero-order chi connectivity index (χ0) is 38.0. The molecule has 5 amide bonds. The lowest BCUT2D eigenvalue weighted by Crippen LogP contribution is -2.59. The van der Waals surface area contributed by atoms with Crippen molar-refractivity contribution in [1.29, 1.82) is 0 Å². The van der Waals surface area contributed by atoms with Crippen LogP contribution in [-0.4, -0.2) is 89.9 Å². The molecule has 16 heteroatoms. The molecule has 0 spiro atoms. The van der Waals surface area contributed by atoms with Gasteiger partial charge in [0.15, 0.2) is 5.96 Å². The van der Waals surface area contributed by atoms with Crippen molar-refractivity contribution in [2.75, 3.05) is 13.1 Å². The SMILES string of the molecule is CC[C@H](C)[C@H](NC(=O)[C@@H](NC(=O)[C@@H](N)Cc1ccccc1)C(C)C)C(=O)NCC(=O)N[C@@H](CCCN=C(N)N)C(=O)N[C@@H](CC(C)C)C(=O)O. The van der Waals surface area contributed by atoms with E-state index in [0.29, 0.717) is 6.42 Å². The summed E-state index contributed by atoms with van der Waals surface area (Å²) in [5, 5.41) is 22.5. The standard InChI is InChI=1S/C34H57N9O7/c1-7-21(6)28(43-32(48)27(20(4)5)42-29(45)23(35)17-22-12-9-8-10-13-22)31(47)39-18-26(44)40-24(14-11-15-38-34(36)37)30(46)41-25(33(49)50)16-19(2)3/h8-10,12-13,19-21,23-25,27-28H,7,11,14-18,35H2,1-6H3,(H,39,47)(H,40,44)(H,41,46)(H,42,45)(H,43,48)(H,49,50)(H4,36,37,38)/t21-,23-,24-,25-,27-,28-/m0/s1. The Labute approximate surface area is 294 Å². The number of carboxylic acid groups (broad SMARTS) is 1. The Balaban J connectivity index is 2.97. The van der Waals surface area contributed by atoms with Crippen LogP contribution < -0.4 is 43.8 Å². The van der Waals surface area contributed by atoms with Gasteiger partial charge in [-0.25, -0.2) is 4.79 Å². The van der Waals surface area contributed by atoms with Crippen LogP contribution in [0.4, 0.5) is 0 Å². The lowest BCUT2D eigenvalue weighted by atomic mass is 9.96. The summed E-state index contributed by atoms with van der Waals surface area (Å²) in [7, 11) is 0. The van der Waals surface area contributed by atoms with Crippen LogP contribution in [0.1, 0.15) is 72.8 Å². The first-order valence-electron chi connectivity index (χ1n) is 17.0. The zero-order valence-electron chi connectivity index (χ0n) is 30.0. The van der Waals surface area contributed by atoms with Crippen LogP contribution in [0.3, 0.4) is 0 Å². The summed E-state index contributed by atoms with van der Waals surface area (Å²) in [6.45, 7) is 10.4. The first-order chi connectivity index (χ1) is 23.5. The molecule has 12 N–H and O–H groups in total. The molecule has 1 aromatic carbocycles.